The van der Waals surface area contributed by atoms with E-state index in [1.807, 2.05) is 0 Å². The van der Waals surface area contributed by atoms with Crippen molar-refractivity contribution in [3.05, 3.63) is 82.1 Å². The van der Waals surface area contributed by atoms with E-state index in [1.54, 1.807) is 61.5 Å². The predicted molar refractivity (Wildman–Crippen MR) is 124 cm³/mol. The van der Waals surface area contributed by atoms with Gasteiger partial charge in [-0.25, -0.2) is 0 Å². The van der Waals surface area contributed by atoms with E-state index in [0.29, 0.717) is 34.3 Å². The third kappa shape index (κ3) is 4.50. The largest absolute Gasteiger partial charge is 0.507 e. The zero-order chi connectivity index (χ0) is 23.5. The fraction of sp³-hybridized carbons (Fsp3) is 0.240. The topological polar surface area (TPSA) is 92.9 Å². The Balaban J connectivity index is 1.81. The molecule has 1 atom stereocenters. The molecule has 1 aliphatic rings. The highest BCUT2D eigenvalue weighted by Gasteiger charge is 2.48. The minimum atomic E-state index is -0.894. The molecule has 2 heterocycles. The van der Waals surface area contributed by atoms with Gasteiger partial charge in [-0.3, -0.25) is 14.5 Å². The molecule has 170 valence electrons. The normalized spacial score (nSPS) is 17.5. The quantitative estimate of drug-likeness (QED) is 0.215. The molecule has 1 amide bonds. The third-order valence-corrected chi connectivity index (χ3v) is 5.64. The zero-order valence-corrected chi connectivity index (χ0v) is 19.0. The van der Waals surface area contributed by atoms with E-state index >= 15 is 0 Å². The number of aliphatic hydroxyl groups is 1. The number of Topliss-reactive ketones (excluding diaryl/α,β-unsaturated/α-hetero) is 1. The Hall–Kier alpha value is -3.58. The van der Waals surface area contributed by atoms with Crippen molar-refractivity contribution in [2.45, 2.75) is 32.7 Å². The highest BCUT2D eigenvalue weighted by molar-refractivity contribution is 6.51. The minimum Gasteiger partial charge on any atom is -0.507 e. The molecule has 1 N–H and O–H groups in total. The summed E-state index contributed by atoms with van der Waals surface area (Å²) >= 11 is 5.96. The molecule has 8 heteroatoms. The summed E-state index contributed by atoms with van der Waals surface area (Å²) in [5, 5.41) is 15.5. The Kier molecular flexibility index (Phi) is 6.51. The average molecular weight is 467 g/mol. The number of carbonyl (C=O) groups excluding carboxylic acids is 2. The number of carbonyl (C=O) groups is 2. The predicted octanol–water partition coefficient (Wildman–Crippen LogP) is 5.44. The number of ether oxygens (including phenoxy) is 1. The second kappa shape index (κ2) is 9.50. The molecule has 0 aliphatic carbocycles. The standard InChI is InChI=1S/C25H23ClN2O5/c1-3-4-13-32-19-11-7-16(8-12-19)22-21(23(29)17-5-9-18(26)10-6-17)24(30)25(31)28(22)20-14-15(2)33-27-20/h5-12,14,22,29H,3-4,13H2,1-2H3/t22-/m0/s1. The van der Waals surface area contributed by atoms with E-state index < -0.39 is 17.7 Å². The van der Waals surface area contributed by atoms with Crippen LogP contribution in [-0.4, -0.2) is 28.6 Å². The van der Waals surface area contributed by atoms with Crippen LogP contribution in [0.1, 0.15) is 42.7 Å². The molecule has 0 saturated carbocycles. The van der Waals surface area contributed by atoms with Gasteiger partial charge in [0.05, 0.1) is 18.2 Å². The maximum absolute atomic E-state index is 13.1. The van der Waals surface area contributed by atoms with Crippen LogP contribution in [-0.2, 0) is 9.59 Å². The van der Waals surface area contributed by atoms with Gasteiger partial charge in [0.25, 0.3) is 5.78 Å². The van der Waals surface area contributed by atoms with Crippen LogP contribution < -0.4 is 9.64 Å². The molecule has 7 nitrogen and oxygen atoms in total. The Morgan fingerprint density at radius 3 is 2.45 bits per heavy atom. The Morgan fingerprint density at radius 1 is 1.15 bits per heavy atom. The smallest absolute Gasteiger partial charge is 0.301 e. The molecule has 3 aromatic rings. The lowest BCUT2D eigenvalue weighted by Gasteiger charge is -2.23. The highest BCUT2D eigenvalue weighted by atomic mass is 35.5. The Labute approximate surface area is 196 Å². The molecular formula is C25H23ClN2O5. The molecule has 1 fully saturated rings. The summed E-state index contributed by atoms with van der Waals surface area (Å²) in [6, 6.07) is 14.2. The summed E-state index contributed by atoms with van der Waals surface area (Å²) in [5.41, 5.74) is 0.953. The van der Waals surface area contributed by atoms with Gasteiger partial charge in [0.15, 0.2) is 5.82 Å². The molecule has 2 aromatic carbocycles. The van der Waals surface area contributed by atoms with E-state index in [-0.39, 0.29) is 17.2 Å². The van der Waals surface area contributed by atoms with Crippen molar-refractivity contribution in [2.24, 2.45) is 0 Å². The van der Waals surface area contributed by atoms with Crippen LogP contribution in [0.2, 0.25) is 5.02 Å². The summed E-state index contributed by atoms with van der Waals surface area (Å²) in [7, 11) is 0. The number of ketones is 1. The zero-order valence-electron chi connectivity index (χ0n) is 18.2. The molecule has 1 aliphatic heterocycles. The first-order valence-corrected chi connectivity index (χ1v) is 11.0. The van der Waals surface area contributed by atoms with E-state index in [4.69, 9.17) is 20.9 Å². The monoisotopic (exact) mass is 466 g/mol. The summed E-state index contributed by atoms with van der Waals surface area (Å²) in [5.74, 6) is -0.537. The molecule has 1 saturated heterocycles. The van der Waals surface area contributed by atoms with E-state index in [1.165, 1.54) is 4.90 Å². The number of halogens is 1. The van der Waals surface area contributed by atoms with Gasteiger partial charge in [-0.05, 0) is 55.3 Å². The van der Waals surface area contributed by atoms with Crippen molar-refractivity contribution in [3.8, 4) is 5.75 Å². The van der Waals surface area contributed by atoms with Crippen LogP contribution in [0, 0.1) is 6.92 Å². The van der Waals surface area contributed by atoms with Gasteiger partial charge in [-0.2, -0.15) is 0 Å². The number of unbranched alkanes of at least 4 members (excludes halogenated alkanes) is 1. The number of rotatable bonds is 7. The number of hydrogen-bond acceptors (Lipinski definition) is 6. The Bertz CT molecular complexity index is 1200. The molecule has 0 bridgehead atoms. The summed E-state index contributed by atoms with van der Waals surface area (Å²) in [6.45, 7) is 4.38. The van der Waals surface area contributed by atoms with Crippen molar-refractivity contribution >= 4 is 34.9 Å². The molecule has 0 unspecified atom stereocenters. The van der Waals surface area contributed by atoms with E-state index in [9.17, 15) is 14.7 Å². The number of aliphatic hydroxyl groups excluding tert-OH is 1. The van der Waals surface area contributed by atoms with Gasteiger partial charge in [-0.15, -0.1) is 0 Å². The van der Waals surface area contributed by atoms with Gasteiger partial charge in [0.1, 0.15) is 17.3 Å². The minimum absolute atomic E-state index is 0.0392. The van der Waals surface area contributed by atoms with Gasteiger partial charge < -0.3 is 14.4 Å². The van der Waals surface area contributed by atoms with E-state index in [0.717, 1.165) is 12.8 Å². The number of nitrogens with zero attached hydrogens (tertiary/aromatic N) is 2. The van der Waals surface area contributed by atoms with Crippen molar-refractivity contribution < 1.29 is 24.0 Å². The van der Waals surface area contributed by atoms with Crippen LogP contribution in [0.4, 0.5) is 5.82 Å². The lowest BCUT2D eigenvalue weighted by atomic mass is 9.95. The lowest BCUT2D eigenvalue weighted by Crippen LogP contribution is -2.29. The van der Waals surface area contributed by atoms with Gasteiger partial charge in [-0.1, -0.05) is 42.2 Å². The van der Waals surface area contributed by atoms with Gasteiger partial charge >= 0.3 is 5.91 Å². The molecule has 4 rings (SSSR count). The fourth-order valence-corrected chi connectivity index (χ4v) is 3.82. The number of aromatic nitrogens is 1. The lowest BCUT2D eigenvalue weighted by molar-refractivity contribution is -0.132. The van der Waals surface area contributed by atoms with Crippen molar-refractivity contribution in [1.29, 1.82) is 0 Å². The molecule has 0 radical (unpaired) electrons. The van der Waals surface area contributed by atoms with Crippen LogP contribution in [0.25, 0.3) is 5.76 Å². The highest BCUT2D eigenvalue weighted by Crippen LogP contribution is 2.42. The number of benzene rings is 2. The maximum atomic E-state index is 13.1. The third-order valence-electron chi connectivity index (χ3n) is 5.39. The summed E-state index contributed by atoms with van der Waals surface area (Å²) in [4.78, 5) is 27.4. The summed E-state index contributed by atoms with van der Waals surface area (Å²) in [6.07, 6.45) is 1.96. The second-order valence-electron chi connectivity index (χ2n) is 7.74. The molecule has 1 aromatic heterocycles. The number of anilines is 1. The summed E-state index contributed by atoms with van der Waals surface area (Å²) < 4.78 is 10.9. The van der Waals surface area contributed by atoms with Crippen molar-refractivity contribution in [1.82, 2.24) is 5.16 Å². The van der Waals surface area contributed by atoms with Crippen LogP contribution >= 0.6 is 11.6 Å². The van der Waals surface area contributed by atoms with Crippen LogP contribution in [0.5, 0.6) is 5.75 Å². The SMILES string of the molecule is CCCCOc1ccc([C@H]2C(=C(O)c3ccc(Cl)cc3)C(=O)C(=O)N2c2cc(C)on2)cc1. The first-order valence-electron chi connectivity index (χ1n) is 10.6. The second-order valence-corrected chi connectivity index (χ2v) is 8.18. The first kappa shape index (κ1) is 22.6. The molecule has 0 spiro atoms. The van der Waals surface area contributed by atoms with E-state index in [2.05, 4.69) is 12.1 Å². The Morgan fingerprint density at radius 2 is 1.85 bits per heavy atom. The van der Waals surface area contributed by atoms with Crippen molar-refractivity contribution in [2.75, 3.05) is 11.5 Å². The van der Waals surface area contributed by atoms with Crippen LogP contribution in [0.3, 0.4) is 0 Å². The van der Waals surface area contributed by atoms with Gasteiger partial charge in [0.2, 0.25) is 0 Å². The number of amides is 1. The number of hydrogen-bond donors (Lipinski definition) is 1. The van der Waals surface area contributed by atoms with Gasteiger partial charge in [0, 0.05) is 16.7 Å². The first-order chi connectivity index (χ1) is 15.9. The fourth-order valence-electron chi connectivity index (χ4n) is 3.69. The number of aryl methyl sites for hydroxylation is 1. The van der Waals surface area contributed by atoms with Crippen LogP contribution in [0.15, 0.2) is 64.7 Å². The maximum Gasteiger partial charge on any atom is 0.301 e. The van der Waals surface area contributed by atoms with Crippen molar-refractivity contribution in [3.63, 3.8) is 0 Å². The average Bonchev–Trinajstić information content (AvgIpc) is 3.35. The molecular weight excluding hydrogens is 444 g/mol. The molecule has 33 heavy (non-hydrogen) atoms.